The molecule has 0 saturated heterocycles. The maximum Gasteiger partial charge on any atom is 0.259 e. The third-order valence-electron chi connectivity index (χ3n) is 3.48. The summed E-state index contributed by atoms with van der Waals surface area (Å²) >= 11 is 1.53. The molecule has 2 aromatic heterocycles. The minimum absolute atomic E-state index is 0.215. The van der Waals surface area contributed by atoms with Gasteiger partial charge in [-0.3, -0.25) is 9.48 Å². The van der Waals surface area contributed by atoms with E-state index in [1.54, 1.807) is 17.9 Å². The average Bonchev–Trinajstić information content (AvgIpc) is 3.01. The lowest BCUT2D eigenvalue weighted by atomic mass is 9.96. The van der Waals surface area contributed by atoms with E-state index in [0.29, 0.717) is 16.1 Å². The van der Waals surface area contributed by atoms with E-state index >= 15 is 0 Å². The van der Waals surface area contributed by atoms with Crippen LogP contribution >= 0.6 is 11.3 Å². The highest BCUT2D eigenvalue weighted by Crippen LogP contribution is 2.37. The number of carbonyl (C=O) groups excluding carboxylic acids is 1. The summed E-state index contributed by atoms with van der Waals surface area (Å²) in [5, 5.41) is 16.8. The number of fused-ring (bicyclic) bond motifs is 1. The van der Waals surface area contributed by atoms with Gasteiger partial charge in [0.2, 0.25) is 0 Å². The molecule has 0 fully saturated rings. The van der Waals surface area contributed by atoms with Gasteiger partial charge in [0.25, 0.3) is 5.91 Å². The molecule has 0 aromatic carbocycles. The summed E-state index contributed by atoms with van der Waals surface area (Å²) < 4.78 is 1.58. The average molecular weight is 286 g/mol. The van der Waals surface area contributed by atoms with Crippen LogP contribution in [0.15, 0.2) is 12.4 Å². The lowest BCUT2D eigenvalue weighted by Gasteiger charge is -2.09. The zero-order chi connectivity index (χ0) is 14.1. The molecule has 2 aromatic rings. The summed E-state index contributed by atoms with van der Waals surface area (Å²) in [6, 6.07) is 2.24. The third kappa shape index (κ3) is 2.21. The van der Waals surface area contributed by atoms with Crippen LogP contribution in [0.2, 0.25) is 0 Å². The van der Waals surface area contributed by atoms with Crippen molar-refractivity contribution >= 4 is 22.2 Å². The molecule has 1 aliphatic carbocycles. The number of rotatable bonds is 2. The molecular formula is C14H14N4OS. The molecule has 0 atom stereocenters. The minimum atomic E-state index is -0.215. The molecule has 1 aliphatic rings. The Kier molecular flexibility index (Phi) is 3.28. The van der Waals surface area contributed by atoms with Gasteiger partial charge in [0.05, 0.1) is 17.3 Å². The first-order valence-electron chi connectivity index (χ1n) is 6.53. The van der Waals surface area contributed by atoms with Crippen LogP contribution in [0.3, 0.4) is 0 Å². The van der Waals surface area contributed by atoms with Crippen LogP contribution in [0.1, 0.15) is 39.2 Å². The molecule has 20 heavy (non-hydrogen) atoms. The van der Waals surface area contributed by atoms with E-state index in [-0.39, 0.29) is 5.91 Å². The molecule has 0 saturated carbocycles. The number of amides is 1. The number of nitrogens with zero attached hydrogens (tertiary/aromatic N) is 3. The van der Waals surface area contributed by atoms with Crippen molar-refractivity contribution in [3.05, 3.63) is 34.0 Å². The van der Waals surface area contributed by atoms with Crippen LogP contribution in [0.25, 0.3) is 0 Å². The number of aromatic nitrogens is 2. The number of carbonyl (C=O) groups is 1. The van der Waals surface area contributed by atoms with Crippen LogP contribution < -0.4 is 5.32 Å². The summed E-state index contributed by atoms with van der Waals surface area (Å²) in [5.41, 5.74) is 2.27. The Bertz CT molecular complexity index is 707. The highest BCUT2D eigenvalue weighted by atomic mass is 32.1. The van der Waals surface area contributed by atoms with Crippen molar-refractivity contribution in [2.24, 2.45) is 7.05 Å². The third-order valence-corrected chi connectivity index (χ3v) is 4.68. The Morgan fingerprint density at radius 1 is 1.50 bits per heavy atom. The maximum absolute atomic E-state index is 12.1. The fourth-order valence-electron chi connectivity index (χ4n) is 2.49. The van der Waals surface area contributed by atoms with Crippen LogP contribution in [-0.4, -0.2) is 15.7 Å². The van der Waals surface area contributed by atoms with Gasteiger partial charge in [0, 0.05) is 18.1 Å². The first-order chi connectivity index (χ1) is 9.69. The van der Waals surface area contributed by atoms with Crippen LogP contribution in [-0.2, 0) is 19.9 Å². The molecule has 0 bridgehead atoms. The molecule has 0 spiro atoms. The quantitative estimate of drug-likeness (QED) is 0.922. The molecule has 1 N–H and O–H groups in total. The predicted octanol–water partition coefficient (Wildman–Crippen LogP) is 2.48. The van der Waals surface area contributed by atoms with Crippen molar-refractivity contribution in [2.75, 3.05) is 5.32 Å². The molecule has 0 aliphatic heterocycles. The monoisotopic (exact) mass is 286 g/mol. The van der Waals surface area contributed by atoms with Crippen molar-refractivity contribution in [1.82, 2.24) is 9.78 Å². The second kappa shape index (κ2) is 5.10. The standard InChI is InChI=1S/C14H14N4OS/c1-18-8-9(7-16-18)13(19)17-14-11(6-15)10-4-2-3-5-12(10)20-14/h7-8H,2-5H2,1H3,(H,17,19). The second-order valence-corrected chi connectivity index (χ2v) is 5.99. The fourth-order valence-corrected chi connectivity index (χ4v) is 3.72. The van der Waals surface area contributed by atoms with Gasteiger partial charge in [-0.1, -0.05) is 0 Å². The smallest absolute Gasteiger partial charge is 0.259 e. The summed E-state index contributed by atoms with van der Waals surface area (Å²) in [4.78, 5) is 13.4. The Morgan fingerprint density at radius 2 is 2.30 bits per heavy atom. The number of nitriles is 1. The maximum atomic E-state index is 12.1. The molecule has 1 amide bonds. The molecule has 5 nitrogen and oxygen atoms in total. The van der Waals surface area contributed by atoms with Crippen LogP contribution in [0.5, 0.6) is 0 Å². The van der Waals surface area contributed by atoms with Gasteiger partial charge in [-0.05, 0) is 31.2 Å². The van der Waals surface area contributed by atoms with Gasteiger partial charge in [-0.15, -0.1) is 11.3 Å². The zero-order valence-corrected chi connectivity index (χ0v) is 12.0. The molecular weight excluding hydrogens is 272 g/mol. The number of nitrogens with one attached hydrogen (secondary N) is 1. The largest absolute Gasteiger partial charge is 0.312 e. The molecule has 6 heteroatoms. The summed E-state index contributed by atoms with van der Waals surface area (Å²) in [6.07, 6.45) is 7.42. The Balaban J connectivity index is 1.89. The van der Waals surface area contributed by atoms with E-state index in [0.717, 1.165) is 31.2 Å². The van der Waals surface area contributed by atoms with Gasteiger partial charge < -0.3 is 5.32 Å². The van der Waals surface area contributed by atoms with E-state index in [9.17, 15) is 10.1 Å². The van der Waals surface area contributed by atoms with E-state index in [4.69, 9.17) is 0 Å². The normalized spacial score (nSPS) is 13.6. The first kappa shape index (κ1) is 12.9. The van der Waals surface area contributed by atoms with Crippen molar-refractivity contribution in [3.8, 4) is 6.07 Å². The van der Waals surface area contributed by atoms with E-state index in [1.165, 1.54) is 22.4 Å². The van der Waals surface area contributed by atoms with Crippen molar-refractivity contribution in [3.63, 3.8) is 0 Å². The zero-order valence-electron chi connectivity index (χ0n) is 11.1. The number of aryl methyl sites for hydroxylation is 2. The van der Waals surface area contributed by atoms with E-state index < -0.39 is 0 Å². The van der Waals surface area contributed by atoms with Gasteiger partial charge in [0.1, 0.15) is 11.1 Å². The fraction of sp³-hybridized carbons (Fsp3) is 0.357. The summed E-state index contributed by atoms with van der Waals surface area (Å²) in [5.74, 6) is -0.215. The lowest BCUT2D eigenvalue weighted by molar-refractivity contribution is 0.102. The molecule has 2 heterocycles. The Hall–Kier alpha value is -2.13. The number of hydrogen-bond donors (Lipinski definition) is 1. The van der Waals surface area contributed by atoms with Gasteiger partial charge in [-0.25, -0.2) is 0 Å². The van der Waals surface area contributed by atoms with Crippen molar-refractivity contribution < 1.29 is 4.79 Å². The molecule has 0 radical (unpaired) electrons. The first-order valence-corrected chi connectivity index (χ1v) is 7.35. The van der Waals surface area contributed by atoms with Gasteiger partial charge in [-0.2, -0.15) is 10.4 Å². The number of hydrogen-bond acceptors (Lipinski definition) is 4. The molecule has 102 valence electrons. The second-order valence-electron chi connectivity index (χ2n) is 4.88. The van der Waals surface area contributed by atoms with E-state index in [1.807, 2.05) is 0 Å². The summed E-state index contributed by atoms with van der Waals surface area (Å²) in [6.45, 7) is 0. The minimum Gasteiger partial charge on any atom is -0.312 e. The van der Waals surface area contributed by atoms with Crippen LogP contribution in [0.4, 0.5) is 5.00 Å². The molecule has 0 unspecified atom stereocenters. The predicted molar refractivity (Wildman–Crippen MR) is 76.8 cm³/mol. The number of thiophene rings is 1. The van der Waals surface area contributed by atoms with Gasteiger partial charge >= 0.3 is 0 Å². The molecule has 3 rings (SSSR count). The lowest BCUT2D eigenvalue weighted by Crippen LogP contribution is -2.11. The highest BCUT2D eigenvalue weighted by Gasteiger charge is 2.22. The Morgan fingerprint density at radius 3 is 3.00 bits per heavy atom. The number of anilines is 1. The SMILES string of the molecule is Cn1cc(C(=O)Nc2sc3c(c2C#N)CCCC3)cn1. The van der Waals surface area contributed by atoms with Crippen molar-refractivity contribution in [1.29, 1.82) is 5.26 Å². The van der Waals surface area contributed by atoms with E-state index in [2.05, 4.69) is 16.5 Å². The highest BCUT2D eigenvalue weighted by molar-refractivity contribution is 7.16. The van der Waals surface area contributed by atoms with Crippen molar-refractivity contribution in [2.45, 2.75) is 25.7 Å². The summed E-state index contributed by atoms with van der Waals surface area (Å²) in [7, 11) is 1.77. The topological polar surface area (TPSA) is 70.7 Å². The van der Waals surface area contributed by atoms with Gasteiger partial charge in [0.15, 0.2) is 0 Å². The van der Waals surface area contributed by atoms with Crippen LogP contribution in [0, 0.1) is 11.3 Å². The Labute approximate surface area is 120 Å².